The number of nitrogens with zero attached hydrogens (tertiary/aromatic N) is 1. The average molecular weight is 419 g/mol. The van der Waals surface area contributed by atoms with Gasteiger partial charge in [0.05, 0.1) is 18.4 Å². The Morgan fingerprint density at radius 3 is 2.61 bits per heavy atom. The third kappa shape index (κ3) is 5.28. The number of hydrogen-bond donors (Lipinski definition) is 2. The molecule has 2 aliphatic rings. The first-order chi connectivity index (χ1) is 13.0. The van der Waals surface area contributed by atoms with E-state index in [1.54, 1.807) is 13.0 Å². The molecule has 2 saturated carbocycles. The van der Waals surface area contributed by atoms with Crippen LogP contribution in [0.15, 0.2) is 18.3 Å². The average Bonchev–Trinajstić information content (AvgIpc) is 2.49. The SMILES string of the molecule is CC(NC(=O)NC1CC2(C1)CC(OS(C)(=O)=O)C2)c1ccnc(OC(F)F)c1. The molecule has 1 heterocycles. The van der Waals surface area contributed by atoms with Crippen LogP contribution in [0.2, 0.25) is 0 Å². The predicted molar refractivity (Wildman–Crippen MR) is 95.4 cm³/mol. The topological polar surface area (TPSA) is 107 Å². The number of aromatic nitrogens is 1. The zero-order valence-corrected chi connectivity index (χ0v) is 16.3. The molecule has 3 rings (SSSR count). The number of rotatable bonds is 7. The number of halogens is 2. The molecule has 2 aliphatic carbocycles. The molecule has 1 aromatic heterocycles. The lowest BCUT2D eigenvalue weighted by Crippen LogP contribution is -2.59. The highest BCUT2D eigenvalue weighted by Crippen LogP contribution is 2.57. The maximum atomic E-state index is 12.3. The first-order valence-electron chi connectivity index (χ1n) is 8.90. The number of carbonyl (C=O) groups is 1. The summed E-state index contributed by atoms with van der Waals surface area (Å²) in [4.78, 5) is 15.9. The minimum absolute atomic E-state index is 0.0153. The van der Waals surface area contributed by atoms with Crippen molar-refractivity contribution in [1.29, 1.82) is 0 Å². The number of amides is 2. The largest absolute Gasteiger partial charge is 0.417 e. The van der Waals surface area contributed by atoms with Crippen molar-refractivity contribution in [2.45, 2.75) is 57.4 Å². The Morgan fingerprint density at radius 1 is 1.32 bits per heavy atom. The summed E-state index contributed by atoms with van der Waals surface area (Å²) in [5, 5.41) is 5.63. The fraction of sp³-hybridized carbons (Fsp3) is 0.647. The molecule has 1 atom stereocenters. The second kappa shape index (κ2) is 7.78. The molecular weight excluding hydrogens is 396 g/mol. The second-order valence-electron chi connectivity index (χ2n) is 7.58. The molecule has 2 N–H and O–H groups in total. The van der Waals surface area contributed by atoms with E-state index in [0.717, 1.165) is 19.1 Å². The molecule has 0 aromatic carbocycles. The van der Waals surface area contributed by atoms with Crippen LogP contribution in [-0.4, -0.2) is 44.4 Å². The number of ether oxygens (including phenoxy) is 1. The van der Waals surface area contributed by atoms with Crippen molar-refractivity contribution in [2.24, 2.45) is 5.41 Å². The summed E-state index contributed by atoms with van der Waals surface area (Å²) >= 11 is 0. The summed E-state index contributed by atoms with van der Waals surface area (Å²) in [6.07, 6.45) is 5.03. The minimum Gasteiger partial charge on any atom is -0.417 e. The van der Waals surface area contributed by atoms with Gasteiger partial charge in [-0.25, -0.2) is 9.78 Å². The molecular formula is C17H23F2N3O5S. The summed E-state index contributed by atoms with van der Waals surface area (Å²) in [5.74, 6) is -0.210. The van der Waals surface area contributed by atoms with Crippen molar-refractivity contribution < 1.29 is 30.9 Å². The standard InChI is InChI=1S/C17H23F2N3O5S/c1-10(11-3-4-20-14(5-11)26-15(18)19)21-16(23)22-12-6-17(7-12)8-13(9-17)27-28(2,24)25/h3-5,10,12-13,15H,6-9H2,1-2H3,(H2,21,22,23). The van der Waals surface area contributed by atoms with Crippen LogP contribution in [0.5, 0.6) is 5.88 Å². The predicted octanol–water partition coefficient (Wildman–Crippen LogP) is 2.33. The van der Waals surface area contributed by atoms with E-state index in [2.05, 4.69) is 20.4 Å². The highest BCUT2D eigenvalue weighted by atomic mass is 32.2. The van der Waals surface area contributed by atoms with Crippen molar-refractivity contribution in [3.63, 3.8) is 0 Å². The van der Waals surface area contributed by atoms with E-state index < -0.39 is 22.8 Å². The maximum Gasteiger partial charge on any atom is 0.388 e. The Labute approximate surface area is 162 Å². The van der Waals surface area contributed by atoms with E-state index in [1.807, 2.05) is 0 Å². The fourth-order valence-electron chi connectivity index (χ4n) is 4.00. The van der Waals surface area contributed by atoms with Crippen molar-refractivity contribution >= 4 is 16.1 Å². The van der Waals surface area contributed by atoms with Crippen LogP contribution in [-0.2, 0) is 14.3 Å². The van der Waals surface area contributed by atoms with Crippen molar-refractivity contribution in [3.05, 3.63) is 23.9 Å². The summed E-state index contributed by atoms with van der Waals surface area (Å²) in [7, 11) is -3.44. The summed E-state index contributed by atoms with van der Waals surface area (Å²) < 4.78 is 56.0. The highest BCUT2D eigenvalue weighted by Gasteiger charge is 2.54. The molecule has 0 radical (unpaired) electrons. The Morgan fingerprint density at radius 2 is 2.00 bits per heavy atom. The van der Waals surface area contributed by atoms with Crippen molar-refractivity contribution in [1.82, 2.24) is 15.6 Å². The second-order valence-corrected chi connectivity index (χ2v) is 9.18. The Kier molecular flexibility index (Phi) is 5.76. The van der Waals surface area contributed by atoms with Gasteiger partial charge in [-0.2, -0.15) is 17.2 Å². The van der Waals surface area contributed by atoms with Crippen LogP contribution in [0.4, 0.5) is 13.6 Å². The van der Waals surface area contributed by atoms with E-state index in [-0.39, 0.29) is 29.5 Å². The van der Waals surface area contributed by atoms with Gasteiger partial charge in [0.25, 0.3) is 10.1 Å². The minimum atomic E-state index is -3.44. The van der Waals surface area contributed by atoms with Crippen molar-refractivity contribution in [3.8, 4) is 5.88 Å². The van der Waals surface area contributed by atoms with Gasteiger partial charge in [-0.15, -0.1) is 0 Å². The number of nitrogens with one attached hydrogen (secondary N) is 2. The summed E-state index contributed by atoms with van der Waals surface area (Å²) in [6, 6.07) is 2.20. The molecule has 2 amide bonds. The van der Waals surface area contributed by atoms with Crippen LogP contribution in [0.25, 0.3) is 0 Å². The molecule has 1 unspecified atom stereocenters. The van der Waals surface area contributed by atoms with E-state index in [0.29, 0.717) is 18.4 Å². The smallest absolute Gasteiger partial charge is 0.388 e. The molecule has 8 nitrogen and oxygen atoms in total. The van der Waals surface area contributed by atoms with E-state index in [9.17, 15) is 22.0 Å². The lowest BCUT2D eigenvalue weighted by molar-refractivity contribution is -0.0802. The van der Waals surface area contributed by atoms with Gasteiger partial charge in [0.1, 0.15) is 0 Å². The van der Waals surface area contributed by atoms with Crippen LogP contribution in [0.3, 0.4) is 0 Å². The van der Waals surface area contributed by atoms with Crippen LogP contribution < -0.4 is 15.4 Å². The Hall–Kier alpha value is -2.01. The first-order valence-corrected chi connectivity index (χ1v) is 10.7. The van der Waals surface area contributed by atoms with Gasteiger partial charge in [0.2, 0.25) is 5.88 Å². The molecule has 11 heteroatoms. The number of pyridine rings is 1. The molecule has 28 heavy (non-hydrogen) atoms. The summed E-state index contributed by atoms with van der Waals surface area (Å²) in [5.41, 5.74) is 0.650. The Bertz CT molecular complexity index is 822. The van der Waals surface area contributed by atoms with Gasteiger partial charge < -0.3 is 15.4 Å². The zero-order valence-electron chi connectivity index (χ0n) is 15.5. The van der Waals surface area contributed by atoms with Gasteiger partial charge in [0, 0.05) is 18.3 Å². The number of alkyl halides is 2. The lowest BCUT2D eigenvalue weighted by Gasteiger charge is -2.56. The van der Waals surface area contributed by atoms with Gasteiger partial charge >= 0.3 is 12.6 Å². The normalized spacial score (nSPS) is 27.6. The molecule has 0 saturated heterocycles. The molecule has 0 bridgehead atoms. The van der Waals surface area contributed by atoms with Gasteiger partial charge in [-0.1, -0.05) is 0 Å². The summed E-state index contributed by atoms with van der Waals surface area (Å²) in [6.45, 7) is -1.24. The third-order valence-corrected chi connectivity index (χ3v) is 5.76. The Balaban J connectivity index is 1.41. The first kappa shape index (κ1) is 20.7. The zero-order chi connectivity index (χ0) is 20.5. The molecule has 1 spiro atoms. The lowest BCUT2D eigenvalue weighted by atomic mass is 9.53. The van der Waals surface area contributed by atoms with Gasteiger partial charge in [-0.05, 0) is 49.7 Å². The van der Waals surface area contributed by atoms with Crippen LogP contribution in [0, 0.1) is 5.41 Å². The van der Waals surface area contributed by atoms with E-state index in [1.165, 1.54) is 12.3 Å². The quantitative estimate of drug-likeness (QED) is 0.657. The fourth-order valence-corrected chi connectivity index (χ4v) is 4.63. The number of urea groups is 1. The van der Waals surface area contributed by atoms with Gasteiger partial charge in [-0.3, -0.25) is 4.18 Å². The monoisotopic (exact) mass is 419 g/mol. The molecule has 1 aromatic rings. The molecule has 156 valence electrons. The molecule has 0 aliphatic heterocycles. The number of hydrogen-bond acceptors (Lipinski definition) is 6. The van der Waals surface area contributed by atoms with Crippen LogP contribution >= 0.6 is 0 Å². The van der Waals surface area contributed by atoms with Gasteiger partial charge in [0.15, 0.2) is 0 Å². The molecule has 2 fully saturated rings. The maximum absolute atomic E-state index is 12.3. The third-order valence-electron chi connectivity index (χ3n) is 5.14. The number of carbonyl (C=O) groups excluding carboxylic acids is 1. The van der Waals surface area contributed by atoms with Crippen molar-refractivity contribution in [2.75, 3.05) is 6.26 Å². The van der Waals surface area contributed by atoms with E-state index in [4.69, 9.17) is 4.18 Å². The van der Waals surface area contributed by atoms with E-state index >= 15 is 0 Å². The van der Waals surface area contributed by atoms with Crippen LogP contribution in [0.1, 0.15) is 44.2 Å². The highest BCUT2D eigenvalue weighted by molar-refractivity contribution is 7.86.